The molecule has 1 atom stereocenters. The fourth-order valence-corrected chi connectivity index (χ4v) is 2.23. The van der Waals surface area contributed by atoms with Gasteiger partial charge in [-0.15, -0.1) is 0 Å². The zero-order valence-electron chi connectivity index (χ0n) is 12.0. The summed E-state index contributed by atoms with van der Waals surface area (Å²) in [5.74, 6) is -0.424. The van der Waals surface area contributed by atoms with Crippen LogP contribution in [-0.4, -0.2) is 5.91 Å². The third-order valence-electron chi connectivity index (χ3n) is 3.43. The topological polar surface area (TPSA) is 55.1 Å². The minimum atomic E-state index is -0.355. The Balaban J connectivity index is 1.90. The van der Waals surface area contributed by atoms with Gasteiger partial charge in [-0.25, -0.2) is 4.39 Å². The number of para-hydroxylation sites is 1. The minimum absolute atomic E-state index is 0.117. The number of carbonyl (C=O) groups is 1. The van der Waals surface area contributed by atoms with Gasteiger partial charge < -0.3 is 11.1 Å². The van der Waals surface area contributed by atoms with Crippen LogP contribution in [0.3, 0.4) is 0 Å². The highest BCUT2D eigenvalue weighted by molar-refractivity contribution is 5.77. The van der Waals surface area contributed by atoms with Crippen LogP contribution < -0.4 is 11.1 Å². The highest BCUT2D eigenvalue weighted by Gasteiger charge is 2.13. The maximum atomic E-state index is 13.6. The predicted octanol–water partition coefficient (Wildman–Crippen LogP) is 3.22. The van der Waals surface area contributed by atoms with E-state index in [1.54, 1.807) is 25.1 Å². The molecule has 3 N–H and O–H groups in total. The molecule has 0 saturated heterocycles. The van der Waals surface area contributed by atoms with Crippen molar-refractivity contribution in [3.8, 4) is 0 Å². The van der Waals surface area contributed by atoms with E-state index in [9.17, 15) is 9.18 Å². The van der Waals surface area contributed by atoms with Gasteiger partial charge in [-0.05, 0) is 31.0 Å². The van der Waals surface area contributed by atoms with Crippen molar-refractivity contribution in [3.63, 3.8) is 0 Å². The van der Waals surface area contributed by atoms with Gasteiger partial charge in [0, 0.05) is 17.7 Å². The lowest BCUT2D eigenvalue weighted by atomic mass is 10.1. The van der Waals surface area contributed by atoms with Gasteiger partial charge >= 0.3 is 0 Å². The lowest BCUT2D eigenvalue weighted by molar-refractivity contribution is -0.121. The minimum Gasteiger partial charge on any atom is -0.399 e. The average molecular weight is 286 g/mol. The number of halogens is 1. The molecule has 0 aliphatic heterocycles. The molecule has 4 heteroatoms. The zero-order valence-corrected chi connectivity index (χ0v) is 12.0. The van der Waals surface area contributed by atoms with Crippen molar-refractivity contribution < 1.29 is 9.18 Å². The number of carbonyl (C=O) groups excluding carboxylic acids is 1. The summed E-state index contributed by atoms with van der Waals surface area (Å²) in [6, 6.07) is 13.6. The molecular weight excluding hydrogens is 267 g/mol. The van der Waals surface area contributed by atoms with Crippen LogP contribution in [0.25, 0.3) is 0 Å². The lowest BCUT2D eigenvalue weighted by Gasteiger charge is -2.15. The Labute approximate surface area is 124 Å². The van der Waals surface area contributed by atoms with Crippen LogP contribution in [0.1, 0.15) is 30.5 Å². The first kappa shape index (κ1) is 15.0. The van der Waals surface area contributed by atoms with Crippen LogP contribution in [0.4, 0.5) is 10.1 Å². The largest absolute Gasteiger partial charge is 0.399 e. The maximum absolute atomic E-state index is 13.6. The molecule has 0 bridgehead atoms. The van der Waals surface area contributed by atoms with Crippen molar-refractivity contribution in [3.05, 3.63) is 65.5 Å². The Morgan fingerprint density at radius 3 is 2.57 bits per heavy atom. The first-order chi connectivity index (χ1) is 10.1. The number of nitrogens with one attached hydrogen (secondary N) is 1. The second-order valence-electron chi connectivity index (χ2n) is 5.01. The van der Waals surface area contributed by atoms with Crippen molar-refractivity contribution in [1.29, 1.82) is 0 Å². The fourth-order valence-electron chi connectivity index (χ4n) is 2.23. The monoisotopic (exact) mass is 286 g/mol. The molecule has 0 aliphatic carbocycles. The number of amides is 1. The molecule has 3 nitrogen and oxygen atoms in total. The van der Waals surface area contributed by atoms with Crippen LogP contribution in [0.15, 0.2) is 48.5 Å². The van der Waals surface area contributed by atoms with E-state index < -0.39 is 0 Å². The third kappa shape index (κ3) is 4.05. The molecule has 2 aromatic rings. The number of hydrogen-bond donors (Lipinski definition) is 2. The highest BCUT2D eigenvalue weighted by Crippen LogP contribution is 2.17. The van der Waals surface area contributed by atoms with E-state index in [2.05, 4.69) is 5.32 Å². The SMILES string of the molecule is C[C@@H](NC(=O)CCc1ccccc1N)c1ccccc1F. The zero-order chi connectivity index (χ0) is 15.2. The molecule has 0 radical (unpaired) electrons. The molecule has 1 amide bonds. The van der Waals surface area contributed by atoms with Gasteiger partial charge in [0.05, 0.1) is 6.04 Å². The molecular formula is C17H19FN2O. The number of benzene rings is 2. The number of rotatable bonds is 5. The molecule has 0 aliphatic rings. The molecule has 0 spiro atoms. The molecule has 110 valence electrons. The second-order valence-corrected chi connectivity index (χ2v) is 5.01. The van der Waals surface area contributed by atoms with Crippen molar-refractivity contribution in [2.45, 2.75) is 25.8 Å². The van der Waals surface area contributed by atoms with Crippen molar-refractivity contribution in [2.24, 2.45) is 0 Å². The Morgan fingerprint density at radius 2 is 1.86 bits per heavy atom. The van der Waals surface area contributed by atoms with Gasteiger partial charge in [0.2, 0.25) is 5.91 Å². The maximum Gasteiger partial charge on any atom is 0.220 e. The van der Waals surface area contributed by atoms with Crippen LogP contribution in [-0.2, 0) is 11.2 Å². The standard InChI is InChI=1S/C17H19FN2O/c1-12(14-7-3-4-8-15(14)18)20-17(21)11-10-13-6-2-5-9-16(13)19/h2-9,12H,10-11,19H2,1H3,(H,20,21)/t12-/m1/s1. The van der Waals surface area contributed by atoms with E-state index in [1.807, 2.05) is 24.3 Å². The molecule has 2 aromatic carbocycles. The third-order valence-corrected chi connectivity index (χ3v) is 3.43. The van der Waals surface area contributed by atoms with E-state index in [4.69, 9.17) is 5.73 Å². The van der Waals surface area contributed by atoms with E-state index in [1.165, 1.54) is 6.07 Å². The first-order valence-electron chi connectivity index (χ1n) is 6.95. The van der Waals surface area contributed by atoms with Gasteiger partial charge in [0.15, 0.2) is 0 Å². The van der Waals surface area contributed by atoms with Crippen LogP contribution in [0.2, 0.25) is 0 Å². The van der Waals surface area contributed by atoms with Gasteiger partial charge in [-0.1, -0.05) is 36.4 Å². The number of aryl methyl sites for hydroxylation is 1. The summed E-state index contributed by atoms with van der Waals surface area (Å²) in [6.07, 6.45) is 0.898. The van der Waals surface area contributed by atoms with Crippen molar-refractivity contribution in [2.75, 3.05) is 5.73 Å². The lowest BCUT2D eigenvalue weighted by Crippen LogP contribution is -2.27. The van der Waals surface area contributed by atoms with Gasteiger partial charge in [0.25, 0.3) is 0 Å². The Bertz CT molecular complexity index is 628. The highest BCUT2D eigenvalue weighted by atomic mass is 19.1. The summed E-state index contributed by atoms with van der Waals surface area (Å²) in [5.41, 5.74) is 7.97. The van der Waals surface area contributed by atoms with Crippen LogP contribution in [0, 0.1) is 5.82 Å². The summed E-state index contributed by atoms with van der Waals surface area (Å²) in [4.78, 5) is 11.9. The Kier molecular flexibility index (Phi) is 4.93. The first-order valence-corrected chi connectivity index (χ1v) is 6.95. The average Bonchev–Trinajstić information content (AvgIpc) is 2.46. The van der Waals surface area contributed by atoms with Crippen molar-refractivity contribution in [1.82, 2.24) is 5.32 Å². The Morgan fingerprint density at radius 1 is 1.19 bits per heavy atom. The molecule has 0 fully saturated rings. The molecule has 0 saturated carbocycles. The van der Waals surface area contributed by atoms with Crippen LogP contribution >= 0.6 is 0 Å². The predicted molar refractivity (Wildman–Crippen MR) is 82.1 cm³/mol. The van der Waals surface area contributed by atoms with Gasteiger partial charge in [-0.2, -0.15) is 0 Å². The van der Waals surface area contributed by atoms with Crippen molar-refractivity contribution >= 4 is 11.6 Å². The summed E-state index contributed by atoms with van der Waals surface area (Å²) in [5, 5.41) is 2.81. The summed E-state index contributed by atoms with van der Waals surface area (Å²) in [7, 11) is 0. The summed E-state index contributed by atoms with van der Waals surface area (Å²) < 4.78 is 13.6. The van der Waals surface area contributed by atoms with E-state index in [0.717, 1.165) is 5.56 Å². The van der Waals surface area contributed by atoms with E-state index >= 15 is 0 Å². The summed E-state index contributed by atoms with van der Waals surface area (Å²) >= 11 is 0. The van der Waals surface area contributed by atoms with Gasteiger partial charge in [0.1, 0.15) is 5.82 Å². The smallest absolute Gasteiger partial charge is 0.220 e. The molecule has 2 rings (SSSR count). The number of nitrogen functional groups attached to an aromatic ring is 1. The van der Waals surface area contributed by atoms with E-state index in [0.29, 0.717) is 24.1 Å². The molecule has 21 heavy (non-hydrogen) atoms. The fraction of sp³-hybridized carbons (Fsp3) is 0.235. The Hall–Kier alpha value is -2.36. The molecule has 0 heterocycles. The quantitative estimate of drug-likeness (QED) is 0.829. The summed E-state index contributed by atoms with van der Waals surface area (Å²) in [6.45, 7) is 1.77. The molecule has 0 aromatic heterocycles. The number of anilines is 1. The number of hydrogen-bond acceptors (Lipinski definition) is 2. The molecule has 0 unspecified atom stereocenters. The normalized spacial score (nSPS) is 11.9. The van der Waals surface area contributed by atoms with Gasteiger partial charge in [-0.3, -0.25) is 4.79 Å². The number of nitrogens with two attached hydrogens (primary N) is 1. The second kappa shape index (κ2) is 6.88. The van der Waals surface area contributed by atoms with E-state index in [-0.39, 0.29) is 17.8 Å². The van der Waals surface area contributed by atoms with Crippen LogP contribution in [0.5, 0.6) is 0 Å².